The summed E-state index contributed by atoms with van der Waals surface area (Å²) in [4.78, 5) is 0. The smallest absolute Gasteiger partial charge is 0.122 e. The second-order valence-electron chi connectivity index (χ2n) is 5.24. The number of hydrogen-bond acceptors (Lipinski definition) is 3. The lowest BCUT2D eigenvalue weighted by atomic mass is 9.70. The van der Waals surface area contributed by atoms with E-state index in [0.717, 1.165) is 42.0 Å². The zero-order valence-electron chi connectivity index (χ0n) is 11.3. The van der Waals surface area contributed by atoms with E-state index in [1.165, 1.54) is 6.42 Å². The van der Waals surface area contributed by atoms with Crippen LogP contribution in [0.1, 0.15) is 30.4 Å². The zero-order valence-corrected chi connectivity index (χ0v) is 11.3. The average Bonchev–Trinajstić information content (AvgIpc) is 2.32. The number of nitrogens with zero attached hydrogens (tertiary/aromatic N) is 1. The lowest BCUT2D eigenvalue weighted by Crippen LogP contribution is -2.35. The van der Waals surface area contributed by atoms with Gasteiger partial charge in [0.1, 0.15) is 5.75 Å². The third-order valence-electron chi connectivity index (χ3n) is 3.91. The molecule has 0 spiro atoms. The minimum absolute atomic E-state index is 0.139. The highest BCUT2D eigenvalue weighted by Gasteiger charge is 2.36. The van der Waals surface area contributed by atoms with Crippen LogP contribution in [0.2, 0.25) is 0 Å². The summed E-state index contributed by atoms with van der Waals surface area (Å²) in [5.41, 5.74) is 3.24. The summed E-state index contributed by atoms with van der Waals surface area (Å²) in [7, 11) is 1.69. The second-order valence-corrected chi connectivity index (χ2v) is 5.24. The lowest BCUT2D eigenvalue weighted by molar-refractivity contribution is 0.233. The molecule has 1 fully saturated rings. The molecule has 0 heterocycles. The molecule has 1 aromatic carbocycles. The first kappa shape index (κ1) is 12.8. The Morgan fingerprint density at radius 2 is 2.06 bits per heavy atom. The fourth-order valence-electron chi connectivity index (χ4n) is 2.40. The summed E-state index contributed by atoms with van der Waals surface area (Å²) < 4.78 is 5.30. The largest absolute Gasteiger partial charge is 0.496 e. The topological polar surface area (TPSA) is 45.0 Å². The molecule has 3 nitrogen and oxygen atoms in total. The lowest BCUT2D eigenvalue weighted by Gasteiger charge is -2.35. The normalized spacial score (nSPS) is 16.6. The molecule has 0 atom stereocenters. The summed E-state index contributed by atoms with van der Waals surface area (Å²) in [6.07, 6.45) is 3.21. The Balaban J connectivity index is 2.10. The Morgan fingerprint density at radius 1 is 1.33 bits per heavy atom. The fraction of sp³-hybridized carbons (Fsp3) is 0.533. The van der Waals surface area contributed by atoms with Gasteiger partial charge in [-0.1, -0.05) is 6.42 Å². The Labute approximate surface area is 109 Å². The van der Waals surface area contributed by atoms with Gasteiger partial charge in [-0.3, -0.25) is 0 Å². The number of hydrogen-bond donors (Lipinski definition) is 1. The van der Waals surface area contributed by atoms with Crippen molar-refractivity contribution in [2.24, 2.45) is 5.41 Å². The molecule has 3 heteroatoms. The van der Waals surface area contributed by atoms with Gasteiger partial charge in [0.15, 0.2) is 0 Å². The molecule has 96 valence electrons. The molecule has 0 unspecified atom stereocenters. The van der Waals surface area contributed by atoms with E-state index in [4.69, 9.17) is 4.74 Å². The van der Waals surface area contributed by atoms with Crippen LogP contribution in [0.15, 0.2) is 12.1 Å². The Morgan fingerprint density at radius 3 is 2.56 bits per heavy atom. The van der Waals surface area contributed by atoms with E-state index in [1.807, 2.05) is 13.0 Å². The first-order valence-corrected chi connectivity index (χ1v) is 6.40. The molecule has 0 aromatic heterocycles. The molecule has 0 saturated heterocycles. The highest BCUT2D eigenvalue weighted by atomic mass is 16.5. The van der Waals surface area contributed by atoms with Crippen molar-refractivity contribution in [3.05, 3.63) is 23.3 Å². The molecule has 0 radical (unpaired) electrons. The van der Waals surface area contributed by atoms with E-state index < -0.39 is 0 Å². The quantitative estimate of drug-likeness (QED) is 0.882. The molecule has 18 heavy (non-hydrogen) atoms. The Kier molecular flexibility index (Phi) is 3.47. The maximum absolute atomic E-state index is 9.21. The molecule has 0 amide bonds. The van der Waals surface area contributed by atoms with E-state index in [9.17, 15) is 5.26 Å². The highest BCUT2D eigenvalue weighted by molar-refractivity contribution is 5.57. The monoisotopic (exact) mass is 244 g/mol. The highest BCUT2D eigenvalue weighted by Crippen LogP contribution is 2.40. The van der Waals surface area contributed by atoms with Gasteiger partial charge in [0.25, 0.3) is 0 Å². The molecule has 1 aliphatic rings. The number of benzene rings is 1. The summed E-state index contributed by atoms with van der Waals surface area (Å²) in [5.74, 6) is 0.914. The van der Waals surface area contributed by atoms with Gasteiger partial charge >= 0.3 is 0 Å². The standard InChI is InChI=1S/C15H20N2O/c1-11-8-14(18-3)12(2)7-13(11)17-10-15(9-16)5-4-6-15/h7-8,17H,4-6,10H2,1-3H3. The van der Waals surface area contributed by atoms with Gasteiger partial charge in [-0.25, -0.2) is 0 Å². The van der Waals surface area contributed by atoms with Gasteiger partial charge in [0.2, 0.25) is 0 Å². The van der Waals surface area contributed by atoms with Crippen LogP contribution in [0, 0.1) is 30.6 Å². The maximum Gasteiger partial charge on any atom is 0.122 e. The summed E-state index contributed by atoms with van der Waals surface area (Å²) in [6.45, 7) is 4.84. The number of aryl methyl sites for hydroxylation is 2. The van der Waals surface area contributed by atoms with Gasteiger partial charge in [0, 0.05) is 12.2 Å². The molecule has 0 bridgehead atoms. The van der Waals surface area contributed by atoms with Crippen molar-refractivity contribution in [3.63, 3.8) is 0 Å². The third kappa shape index (κ3) is 2.28. The van der Waals surface area contributed by atoms with Gasteiger partial charge < -0.3 is 10.1 Å². The van der Waals surface area contributed by atoms with E-state index in [0.29, 0.717) is 0 Å². The van der Waals surface area contributed by atoms with Crippen LogP contribution < -0.4 is 10.1 Å². The number of nitriles is 1. The molecule has 1 aliphatic carbocycles. The molecule has 1 aromatic rings. The number of ether oxygens (including phenoxy) is 1. The van der Waals surface area contributed by atoms with Crippen LogP contribution in [0.25, 0.3) is 0 Å². The Bertz CT molecular complexity index is 484. The third-order valence-corrected chi connectivity index (χ3v) is 3.91. The first-order chi connectivity index (χ1) is 8.60. The molecule has 0 aliphatic heterocycles. The van der Waals surface area contributed by atoms with Gasteiger partial charge in [-0.15, -0.1) is 0 Å². The summed E-state index contributed by atoms with van der Waals surface area (Å²) in [5, 5.41) is 12.6. The SMILES string of the molecule is COc1cc(C)c(NCC2(C#N)CCC2)cc1C. The number of rotatable bonds is 4. The average molecular weight is 244 g/mol. The molecule has 1 N–H and O–H groups in total. The maximum atomic E-state index is 9.21. The van der Waals surface area contributed by atoms with Crippen molar-refractivity contribution in [1.82, 2.24) is 0 Å². The summed E-state index contributed by atoms with van der Waals surface area (Å²) in [6, 6.07) is 6.59. The van der Waals surface area contributed by atoms with Crippen LogP contribution in [-0.4, -0.2) is 13.7 Å². The van der Waals surface area contributed by atoms with Crippen LogP contribution in [0.5, 0.6) is 5.75 Å². The number of nitrogens with one attached hydrogen (secondary N) is 1. The number of anilines is 1. The van der Waals surface area contributed by atoms with Gasteiger partial charge in [-0.2, -0.15) is 5.26 Å². The van der Waals surface area contributed by atoms with Crippen molar-refractivity contribution in [1.29, 1.82) is 5.26 Å². The fourth-order valence-corrected chi connectivity index (χ4v) is 2.40. The van der Waals surface area contributed by atoms with Gasteiger partial charge in [-0.05, 0) is 49.9 Å². The predicted octanol–water partition coefficient (Wildman–Crippen LogP) is 3.42. The predicted molar refractivity (Wildman–Crippen MR) is 72.9 cm³/mol. The molecular weight excluding hydrogens is 224 g/mol. The van der Waals surface area contributed by atoms with Crippen molar-refractivity contribution < 1.29 is 4.74 Å². The van der Waals surface area contributed by atoms with E-state index >= 15 is 0 Å². The van der Waals surface area contributed by atoms with Crippen molar-refractivity contribution in [3.8, 4) is 11.8 Å². The van der Waals surface area contributed by atoms with E-state index in [2.05, 4.69) is 24.4 Å². The van der Waals surface area contributed by atoms with E-state index in [1.54, 1.807) is 7.11 Å². The zero-order chi connectivity index (χ0) is 13.2. The van der Waals surface area contributed by atoms with E-state index in [-0.39, 0.29) is 5.41 Å². The van der Waals surface area contributed by atoms with Crippen LogP contribution >= 0.6 is 0 Å². The van der Waals surface area contributed by atoms with Crippen molar-refractivity contribution in [2.45, 2.75) is 33.1 Å². The van der Waals surface area contributed by atoms with Crippen LogP contribution in [-0.2, 0) is 0 Å². The number of methoxy groups -OCH3 is 1. The molecular formula is C15H20N2O. The second kappa shape index (κ2) is 4.89. The van der Waals surface area contributed by atoms with Crippen molar-refractivity contribution >= 4 is 5.69 Å². The van der Waals surface area contributed by atoms with Crippen LogP contribution in [0.3, 0.4) is 0 Å². The molecule has 2 rings (SSSR count). The van der Waals surface area contributed by atoms with Gasteiger partial charge in [0.05, 0.1) is 18.6 Å². The van der Waals surface area contributed by atoms with Crippen LogP contribution in [0.4, 0.5) is 5.69 Å². The minimum atomic E-state index is -0.139. The molecule has 1 saturated carbocycles. The van der Waals surface area contributed by atoms with Crippen molar-refractivity contribution in [2.75, 3.05) is 19.0 Å². The Hall–Kier alpha value is -1.69. The summed E-state index contributed by atoms with van der Waals surface area (Å²) >= 11 is 0. The minimum Gasteiger partial charge on any atom is -0.496 e. The first-order valence-electron chi connectivity index (χ1n) is 6.40.